The van der Waals surface area contributed by atoms with Crippen LogP contribution in [0.5, 0.6) is 0 Å². The first kappa shape index (κ1) is 15.8. The highest BCUT2D eigenvalue weighted by atomic mass is 19.1. The molecule has 4 aliphatic rings. The smallest absolute Gasteiger partial charge is 0.231 e. The second-order valence-electron chi connectivity index (χ2n) is 8.47. The van der Waals surface area contributed by atoms with Crippen molar-refractivity contribution in [3.8, 4) is 0 Å². The number of benzene rings is 1. The van der Waals surface area contributed by atoms with Gasteiger partial charge >= 0.3 is 0 Å². The summed E-state index contributed by atoms with van der Waals surface area (Å²) in [7, 11) is 0. The van der Waals surface area contributed by atoms with Gasteiger partial charge in [-0.25, -0.2) is 4.39 Å². The van der Waals surface area contributed by atoms with Crippen LogP contribution in [0.3, 0.4) is 0 Å². The molecule has 3 saturated carbocycles. The molecule has 1 N–H and O–H groups in total. The van der Waals surface area contributed by atoms with Gasteiger partial charge in [-0.2, -0.15) is 0 Å². The van der Waals surface area contributed by atoms with E-state index in [1.807, 2.05) is 6.07 Å². The first-order valence-corrected chi connectivity index (χ1v) is 9.88. The van der Waals surface area contributed by atoms with Crippen molar-refractivity contribution in [3.63, 3.8) is 0 Å². The van der Waals surface area contributed by atoms with E-state index in [9.17, 15) is 9.18 Å². The van der Waals surface area contributed by atoms with Gasteiger partial charge in [-0.15, -0.1) is 0 Å². The second-order valence-corrected chi connectivity index (χ2v) is 8.47. The summed E-state index contributed by atoms with van der Waals surface area (Å²) < 4.78 is 20.2. The maximum absolute atomic E-state index is 14.3. The van der Waals surface area contributed by atoms with Crippen LogP contribution < -0.4 is 5.32 Å². The Morgan fingerprint density at radius 3 is 2.64 bits per heavy atom. The van der Waals surface area contributed by atoms with E-state index in [4.69, 9.17) is 4.74 Å². The normalized spacial score (nSPS) is 35.9. The van der Waals surface area contributed by atoms with Crippen molar-refractivity contribution in [2.75, 3.05) is 6.61 Å². The van der Waals surface area contributed by atoms with Crippen molar-refractivity contribution in [2.24, 2.45) is 17.8 Å². The Hall–Kier alpha value is -1.42. The van der Waals surface area contributed by atoms with Crippen molar-refractivity contribution in [2.45, 2.75) is 62.5 Å². The second kappa shape index (κ2) is 5.80. The molecule has 1 aromatic carbocycles. The van der Waals surface area contributed by atoms with E-state index >= 15 is 0 Å². The summed E-state index contributed by atoms with van der Waals surface area (Å²) in [6, 6.07) is 6.99. The first-order valence-electron chi connectivity index (χ1n) is 9.88. The third kappa shape index (κ3) is 2.37. The van der Waals surface area contributed by atoms with Gasteiger partial charge < -0.3 is 10.1 Å². The molecule has 134 valence electrons. The first-order chi connectivity index (χ1) is 12.2. The molecular weight excluding hydrogens is 317 g/mol. The number of amides is 1. The zero-order chi connectivity index (χ0) is 17.0. The van der Waals surface area contributed by atoms with Crippen molar-refractivity contribution in [1.82, 2.24) is 5.32 Å². The van der Waals surface area contributed by atoms with Gasteiger partial charge in [-0.05, 0) is 31.2 Å². The van der Waals surface area contributed by atoms with Crippen LogP contribution in [0.4, 0.5) is 4.39 Å². The maximum atomic E-state index is 14.3. The Kier molecular flexibility index (Phi) is 3.67. The largest absolute Gasteiger partial charge is 0.377 e. The molecule has 4 fully saturated rings. The molecule has 25 heavy (non-hydrogen) atoms. The Morgan fingerprint density at radius 1 is 1.16 bits per heavy atom. The Labute approximate surface area is 148 Å². The molecule has 1 heterocycles. The standard InChI is InChI=1S/C21H26FNO2/c22-16-8-4-3-7-15(16)21(10-11-21)20(24)23-18-14-9-12-25-19(14)17(18)13-5-1-2-6-13/h3-4,7-8,13-14,17-19H,1-2,5-6,9-12H2,(H,23,24)/t14-,17+,18-,19-/m0/s1. The summed E-state index contributed by atoms with van der Waals surface area (Å²) >= 11 is 0. The van der Waals surface area contributed by atoms with Crippen molar-refractivity contribution >= 4 is 5.91 Å². The number of nitrogens with one attached hydrogen (secondary N) is 1. The average Bonchev–Trinajstić information content (AvgIpc) is 3.05. The monoisotopic (exact) mass is 343 g/mol. The fourth-order valence-electron chi connectivity index (χ4n) is 5.74. The maximum Gasteiger partial charge on any atom is 0.231 e. The molecule has 4 heteroatoms. The van der Waals surface area contributed by atoms with Crippen LogP contribution in [0.25, 0.3) is 0 Å². The summed E-state index contributed by atoms with van der Waals surface area (Å²) in [4.78, 5) is 13.1. The Bertz CT molecular complexity index is 675. The van der Waals surface area contributed by atoms with Crippen molar-refractivity contribution in [3.05, 3.63) is 35.6 Å². The van der Waals surface area contributed by atoms with Gasteiger partial charge in [0.1, 0.15) is 5.82 Å². The summed E-state index contributed by atoms with van der Waals surface area (Å²) in [5.74, 6) is 1.41. The van der Waals surface area contributed by atoms with E-state index in [2.05, 4.69) is 5.32 Å². The van der Waals surface area contributed by atoms with Gasteiger partial charge in [-0.1, -0.05) is 43.9 Å². The SMILES string of the molecule is O=C(N[C@H]1[C@@H]2CCO[C@@H]2[C@@H]1C1CCCC1)C1(c2ccccc2F)CC1. The van der Waals surface area contributed by atoms with Gasteiger partial charge in [-0.3, -0.25) is 4.79 Å². The highest BCUT2D eigenvalue weighted by Gasteiger charge is 2.60. The molecule has 3 aliphatic carbocycles. The molecule has 3 nitrogen and oxygen atoms in total. The number of rotatable bonds is 4. The molecular formula is C21H26FNO2. The van der Waals surface area contributed by atoms with E-state index in [0.717, 1.165) is 25.9 Å². The van der Waals surface area contributed by atoms with Crippen LogP contribution in [0, 0.1) is 23.6 Å². The fourth-order valence-corrected chi connectivity index (χ4v) is 5.74. The lowest BCUT2D eigenvalue weighted by atomic mass is 9.61. The Morgan fingerprint density at radius 2 is 1.92 bits per heavy atom. The molecule has 0 radical (unpaired) electrons. The van der Waals surface area contributed by atoms with Gasteiger partial charge in [0.15, 0.2) is 0 Å². The average molecular weight is 343 g/mol. The van der Waals surface area contributed by atoms with Gasteiger partial charge in [0.25, 0.3) is 0 Å². The minimum atomic E-state index is -0.629. The lowest BCUT2D eigenvalue weighted by Crippen LogP contribution is -2.64. The number of ether oxygens (including phenoxy) is 1. The van der Waals surface area contributed by atoms with Crippen LogP contribution in [-0.2, 0) is 14.9 Å². The van der Waals surface area contributed by atoms with Crippen LogP contribution in [-0.4, -0.2) is 24.7 Å². The molecule has 0 aromatic heterocycles. The van der Waals surface area contributed by atoms with Crippen LogP contribution in [0.1, 0.15) is 50.5 Å². The fraction of sp³-hybridized carbons (Fsp3) is 0.667. The number of carbonyl (C=O) groups is 1. The molecule has 5 rings (SSSR count). The van der Waals surface area contributed by atoms with Crippen LogP contribution in [0.15, 0.2) is 24.3 Å². The number of hydrogen-bond donors (Lipinski definition) is 1. The van der Waals surface area contributed by atoms with Gasteiger partial charge in [0.2, 0.25) is 5.91 Å². The molecule has 0 bridgehead atoms. The molecule has 1 aliphatic heterocycles. The molecule has 1 saturated heterocycles. The summed E-state index contributed by atoms with van der Waals surface area (Å²) in [5.41, 5.74) is -0.0562. The third-order valence-electron chi connectivity index (χ3n) is 7.25. The van der Waals surface area contributed by atoms with E-state index in [1.165, 1.54) is 31.7 Å². The summed E-state index contributed by atoms with van der Waals surface area (Å²) in [6.45, 7) is 0.823. The number of hydrogen-bond acceptors (Lipinski definition) is 2. The molecule has 1 amide bonds. The van der Waals surface area contributed by atoms with Crippen molar-refractivity contribution < 1.29 is 13.9 Å². The van der Waals surface area contributed by atoms with Gasteiger partial charge in [0.05, 0.1) is 11.5 Å². The third-order valence-corrected chi connectivity index (χ3v) is 7.25. The number of carbonyl (C=O) groups excluding carboxylic acids is 1. The topological polar surface area (TPSA) is 38.3 Å². The zero-order valence-electron chi connectivity index (χ0n) is 14.5. The predicted octanol–water partition coefficient (Wildman–Crippen LogP) is 3.57. The van der Waals surface area contributed by atoms with Gasteiger partial charge in [0, 0.05) is 30.0 Å². The van der Waals surface area contributed by atoms with E-state index in [0.29, 0.717) is 29.4 Å². The van der Waals surface area contributed by atoms with Crippen molar-refractivity contribution in [1.29, 1.82) is 0 Å². The minimum absolute atomic E-state index is 0.0379. The lowest BCUT2D eigenvalue weighted by molar-refractivity contribution is -0.132. The minimum Gasteiger partial charge on any atom is -0.377 e. The Balaban J connectivity index is 1.35. The van der Waals surface area contributed by atoms with E-state index < -0.39 is 5.41 Å². The van der Waals surface area contributed by atoms with E-state index in [-0.39, 0.29) is 17.8 Å². The number of fused-ring (bicyclic) bond motifs is 1. The molecule has 0 unspecified atom stereocenters. The lowest BCUT2D eigenvalue weighted by Gasteiger charge is -2.51. The number of halogens is 1. The molecule has 0 spiro atoms. The molecule has 1 aromatic rings. The molecule has 4 atom stereocenters. The summed E-state index contributed by atoms with van der Waals surface area (Å²) in [6.07, 6.45) is 8.04. The highest BCUT2D eigenvalue weighted by Crippen LogP contribution is 2.53. The quantitative estimate of drug-likeness (QED) is 0.908. The predicted molar refractivity (Wildman–Crippen MR) is 92.5 cm³/mol. The highest BCUT2D eigenvalue weighted by molar-refractivity contribution is 5.91. The van der Waals surface area contributed by atoms with Crippen LogP contribution in [0.2, 0.25) is 0 Å². The summed E-state index contributed by atoms with van der Waals surface area (Å²) in [5, 5.41) is 3.36. The van der Waals surface area contributed by atoms with Crippen LogP contribution >= 0.6 is 0 Å². The zero-order valence-corrected chi connectivity index (χ0v) is 14.5. The van der Waals surface area contributed by atoms with E-state index in [1.54, 1.807) is 12.1 Å².